The highest BCUT2D eigenvalue weighted by atomic mass is 16.1. The molecule has 0 bridgehead atoms. The van der Waals surface area contributed by atoms with Crippen LogP contribution in [0.2, 0.25) is 0 Å². The molecule has 2 aromatic carbocycles. The van der Waals surface area contributed by atoms with Crippen LogP contribution >= 0.6 is 0 Å². The maximum Gasteiger partial charge on any atom is 0.255 e. The maximum absolute atomic E-state index is 12.9. The first-order valence-electron chi connectivity index (χ1n) is 10.7. The molecule has 1 unspecified atom stereocenters. The molecule has 0 radical (unpaired) electrons. The van der Waals surface area contributed by atoms with Crippen LogP contribution in [0, 0.1) is 18.3 Å². The summed E-state index contributed by atoms with van der Waals surface area (Å²) >= 11 is 0. The number of rotatable bonds is 5. The summed E-state index contributed by atoms with van der Waals surface area (Å²) in [5.74, 6) is -0.363. The zero-order valence-corrected chi connectivity index (χ0v) is 18.8. The van der Waals surface area contributed by atoms with Crippen molar-refractivity contribution in [2.75, 3.05) is 16.9 Å². The molecule has 0 aliphatic carbocycles. The number of carbonyl (C=O) groups excluding carboxylic acids is 1. The molecule has 166 valence electrons. The molecular formula is C26H25N5O2. The third-order valence-electron chi connectivity index (χ3n) is 5.88. The van der Waals surface area contributed by atoms with Gasteiger partial charge in [0.25, 0.3) is 5.91 Å². The van der Waals surface area contributed by atoms with Gasteiger partial charge in [-0.1, -0.05) is 18.2 Å². The number of nitriles is 1. The number of pyridine rings is 1. The quantitative estimate of drug-likeness (QED) is 0.618. The highest BCUT2D eigenvalue weighted by Gasteiger charge is 2.24. The van der Waals surface area contributed by atoms with Crippen LogP contribution in [0.5, 0.6) is 0 Å². The Morgan fingerprint density at radius 2 is 2.06 bits per heavy atom. The Morgan fingerprint density at radius 1 is 1.24 bits per heavy atom. The minimum absolute atomic E-state index is 0.0217. The van der Waals surface area contributed by atoms with Crippen molar-refractivity contribution in [1.82, 2.24) is 4.98 Å². The van der Waals surface area contributed by atoms with Crippen LogP contribution in [-0.2, 0) is 5.41 Å². The molecule has 7 nitrogen and oxygen atoms in total. The highest BCUT2D eigenvalue weighted by molar-refractivity contribution is 6.04. The summed E-state index contributed by atoms with van der Waals surface area (Å²) in [6, 6.07) is 16.6. The standard InChI is InChI=1S/C26H25N5O2/c1-17-7-8-21(30-25(33)18-5-4-6-20(11-18)26(2,3)16-27)12-23(17)31-15-19(13-29-31)22-14-28-10-9-24(22)32/h4-14,19H,15H2,1-3H3,(H,28,32)(H,30,33). The van der Waals surface area contributed by atoms with Crippen LogP contribution in [0.15, 0.2) is 70.8 Å². The Kier molecular flexibility index (Phi) is 5.84. The molecule has 1 atom stereocenters. The molecule has 1 aliphatic rings. The summed E-state index contributed by atoms with van der Waals surface area (Å²) in [7, 11) is 0. The van der Waals surface area contributed by atoms with E-state index in [4.69, 9.17) is 0 Å². The van der Waals surface area contributed by atoms with Crippen molar-refractivity contribution >= 4 is 23.5 Å². The van der Waals surface area contributed by atoms with Crippen LogP contribution in [0.3, 0.4) is 0 Å². The largest absolute Gasteiger partial charge is 0.367 e. The van der Waals surface area contributed by atoms with Gasteiger partial charge in [0.1, 0.15) is 0 Å². The lowest BCUT2D eigenvalue weighted by Gasteiger charge is -2.20. The van der Waals surface area contributed by atoms with E-state index in [0.29, 0.717) is 23.4 Å². The molecule has 0 spiro atoms. The number of aryl methyl sites for hydroxylation is 1. The molecule has 7 heteroatoms. The normalized spacial score (nSPS) is 15.3. The summed E-state index contributed by atoms with van der Waals surface area (Å²) in [5.41, 5.74) is 3.75. The van der Waals surface area contributed by atoms with Gasteiger partial charge >= 0.3 is 0 Å². The summed E-state index contributed by atoms with van der Waals surface area (Å²) in [5, 5.41) is 18.7. The lowest BCUT2D eigenvalue weighted by molar-refractivity contribution is 0.102. The fraction of sp³-hybridized carbons (Fsp3) is 0.231. The summed E-state index contributed by atoms with van der Waals surface area (Å²) in [6.45, 7) is 6.16. The smallest absolute Gasteiger partial charge is 0.255 e. The van der Waals surface area contributed by atoms with E-state index >= 15 is 0 Å². The molecule has 2 N–H and O–H groups in total. The molecule has 3 aromatic rings. The van der Waals surface area contributed by atoms with Gasteiger partial charge in [-0.3, -0.25) is 14.6 Å². The van der Waals surface area contributed by atoms with Crippen molar-refractivity contribution in [3.05, 3.63) is 93.4 Å². The summed E-state index contributed by atoms with van der Waals surface area (Å²) in [4.78, 5) is 28.0. The Hall–Kier alpha value is -4.18. The average molecular weight is 440 g/mol. The second-order valence-corrected chi connectivity index (χ2v) is 8.69. The highest BCUT2D eigenvalue weighted by Crippen LogP contribution is 2.30. The van der Waals surface area contributed by atoms with E-state index in [2.05, 4.69) is 21.5 Å². The predicted octanol–water partition coefficient (Wildman–Crippen LogP) is 4.33. The fourth-order valence-electron chi connectivity index (χ4n) is 3.78. The van der Waals surface area contributed by atoms with E-state index < -0.39 is 5.41 Å². The third-order valence-corrected chi connectivity index (χ3v) is 5.88. The predicted molar refractivity (Wildman–Crippen MR) is 130 cm³/mol. The van der Waals surface area contributed by atoms with E-state index in [0.717, 1.165) is 16.8 Å². The van der Waals surface area contributed by atoms with Crippen LogP contribution in [0.25, 0.3) is 0 Å². The second-order valence-electron chi connectivity index (χ2n) is 8.69. The minimum atomic E-state index is -0.682. The number of benzene rings is 2. The van der Waals surface area contributed by atoms with Crippen molar-refractivity contribution in [3.63, 3.8) is 0 Å². The number of H-pyrrole nitrogens is 1. The van der Waals surface area contributed by atoms with Gasteiger partial charge in [0, 0.05) is 47.4 Å². The van der Waals surface area contributed by atoms with Crippen LogP contribution in [0.4, 0.5) is 11.4 Å². The van der Waals surface area contributed by atoms with E-state index in [1.807, 2.05) is 50.0 Å². The lowest BCUT2D eigenvalue weighted by Crippen LogP contribution is -2.21. The van der Waals surface area contributed by atoms with Crippen molar-refractivity contribution in [2.24, 2.45) is 5.10 Å². The van der Waals surface area contributed by atoms with E-state index in [1.54, 1.807) is 36.8 Å². The van der Waals surface area contributed by atoms with Gasteiger partial charge in [-0.05, 0) is 56.2 Å². The molecule has 2 heterocycles. The average Bonchev–Trinajstić information content (AvgIpc) is 3.30. The number of carbonyl (C=O) groups is 1. The number of hydrazone groups is 1. The van der Waals surface area contributed by atoms with Gasteiger partial charge in [0.05, 0.1) is 23.7 Å². The molecule has 0 saturated heterocycles. The van der Waals surface area contributed by atoms with Crippen LogP contribution < -0.4 is 15.8 Å². The zero-order valence-electron chi connectivity index (χ0n) is 18.8. The SMILES string of the molecule is Cc1ccc(NC(=O)c2cccc(C(C)(C)C#N)c2)cc1N1CC(c2c[nH]ccc2=O)C=N1. The Labute approximate surface area is 192 Å². The molecule has 0 saturated carbocycles. The molecule has 0 fully saturated rings. The second kappa shape index (κ2) is 8.75. The first kappa shape index (κ1) is 22.0. The number of aromatic amines is 1. The maximum atomic E-state index is 12.9. The summed E-state index contributed by atoms with van der Waals surface area (Å²) < 4.78 is 0. The van der Waals surface area contributed by atoms with Gasteiger partial charge in [-0.15, -0.1) is 0 Å². The number of aromatic nitrogens is 1. The van der Waals surface area contributed by atoms with Crippen molar-refractivity contribution < 1.29 is 4.79 Å². The molecular weight excluding hydrogens is 414 g/mol. The van der Waals surface area contributed by atoms with E-state index in [-0.39, 0.29) is 17.3 Å². The molecule has 4 rings (SSSR count). The van der Waals surface area contributed by atoms with Crippen molar-refractivity contribution in [3.8, 4) is 6.07 Å². The van der Waals surface area contributed by atoms with Gasteiger partial charge < -0.3 is 10.3 Å². The monoisotopic (exact) mass is 439 g/mol. The van der Waals surface area contributed by atoms with Crippen molar-refractivity contribution in [1.29, 1.82) is 5.26 Å². The number of hydrogen-bond donors (Lipinski definition) is 2. The van der Waals surface area contributed by atoms with E-state index in [1.165, 1.54) is 6.07 Å². The van der Waals surface area contributed by atoms with E-state index in [9.17, 15) is 14.9 Å². The minimum Gasteiger partial charge on any atom is -0.367 e. The van der Waals surface area contributed by atoms with Gasteiger partial charge in [-0.25, -0.2) is 0 Å². The Bertz CT molecular complexity index is 1330. The lowest BCUT2D eigenvalue weighted by atomic mass is 9.85. The molecule has 1 amide bonds. The molecule has 33 heavy (non-hydrogen) atoms. The van der Waals surface area contributed by atoms with Gasteiger partial charge in [0.2, 0.25) is 0 Å². The molecule has 1 aromatic heterocycles. The van der Waals surface area contributed by atoms with Crippen molar-refractivity contribution in [2.45, 2.75) is 32.1 Å². The summed E-state index contributed by atoms with van der Waals surface area (Å²) in [6.07, 6.45) is 5.11. The third kappa shape index (κ3) is 4.55. The number of nitrogens with one attached hydrogen (secondary N) is 2. The van der Waals surface area contributed by atoms with Crippen LogP contribution in [-0.4, -0.2) is 23.7 Å². The zero-order chi connectivity index (χ0) is 23.6. The fourth-order valence-corrected chi connectivity index (χ4v) is 3.78. The Morgan fingerprint density at radius 3 is 2.82 bits per heavy atom. The first-order chi connectivity index (χ1) is 15.8. The topological polar surface area (TPSA) is 101 Å². The molecule has 1 aliphatic heterocycles. The number of nitrogens with zero attached hydrogens (tertiary/aromatic N) is 3. The number of anilines is 2. The Balaban J connectivity index is 1.53. The number of hydrogen-bond acceptors (Lipinski definition) is 5. The first-order valence-corrected chi connectivity index (χ1v) is 10.7. The number of amides is 1. The van der Waals surface area contributed by atoms with Gasteiger partial charge in [-0.2, -0.15) is 10.4 Å². The van der Waals surface area contributed by atoms with Gasteiger partial charge in [0.15, 0.2) is 5.43 Å². The van der Waals surface area contributed by atoms with Crippen LogP contribution in [0.1, 0.15) is 46.8 Å².